The van der Waals surface area contributed by atoms with Crippen molar-refractivity contribution in [2.75, 3.05) is 6.54 Å². The Morgan fingerprint density at radius 1 is 0.947 bits per heavy atom. The van der Waals surface area contributed by atoms with Gasteiger partial charge in [-0.25, -0.2) is 0 Å². The Bertz CT molecular complexity index is 255. The predicted molar refractivity (Wildman–Crippen MR) is 81.5 cm³/mol. The number of nitrogens with one attached hydrogen (secondary N) is 1. The van der Waals surface area contributed by atoms with Gasteiger partial charge in [0.15, 0.2) is 0 Å². The lowest BCUT2D eigenvalue weighted by atomic mass is 9.92. The summed E-state index contributed by atoms with van der Waals surface area (Å²) in [5.74, 6) is 0. The van der Waals surface area contributed by atoms with E-state index in [4.69, 9.17) is 4.74 Å². The largest absolute Gasteiger partial charge is 0.370 e. The van der Waals surface area contributed by atoms with Crippen molar-refractivity contribution in [2.45, 2.75) is 102 Å². The Morgan fingerprint density at radius 3 is 2.05 bits per heavy atom. The lowest BCUT2D eigenvalue weighted by molar-refractivity contribution is -0.100. The molecular weight excluding hydrogens is 234 g/mol. The first kappa shape index (κ1) is 15.3. The molecule has 2 fully saturated rings. The second kappa shape index (κ2) is 6.58. The van der Waals surface area contributed by atoms with E-state index in [1.54, 1.807) is 0 Å². The van der Waals surface area contributed by atoms with E-state index < -0.39 is 0 Å². The summed E-state index contributed by atoms with van der Waals surface area (Å²) in [6.07, 6.45) is 13.8. The van der Waals surface area contributed by atoms with Crippen LogP contribution in [-0.4, -0.2) is 23.8 Å². The minimum absolute atomic E-state index is 0.124. The van der Waals surface area contributed by atoms with Gasteiger partial charge < -0.3 is 10.1 Å². The Hall–Kier alpha value is -0.0800. The van der Waals surface area contributed by atoms with Crippen LogP contribution in [0.3, 0.4) is 0 Å². The molecule has 0 atom stereocenters. The van der Waals surface area contributed by atoms with Crippen molar-refractivity contribution < 1.29 is 4.74 Å². The third-order valence-corrected chi connectivity index (χ3v) is 4.67. The molecule has 0 saturated heterocycles. The Kier molecular flexibility index (Phi) is 5.30. The van der Waals surface area contributed by atoms with Crippen molar-refractivity contribution in [2.24, 2.45) is 0 Å². The monoisotopic (exact) mass is 267 g/mol. The first-order valence-electron chi connectivity index (χ1n) is 8.42. The van der Waals surface area contributed by atoms with Crippen LogP contribution in [0.25, 0.3) is 0 Å². The summed E-state index contributed by atoms with van der Waals surface area (Å²) in [7, 11) is 0. The van der Waals surface area contributed by atoms with Crippen LogP contribution in [0.15, 0.2) is 0 Å². The molecule has 0 aliphatic heterocycles. The third-order valence-electron chi connectivity index (χ3n) is 4.67. The van der Waals surface area contributed by atoms with Crippen LogP contribution in [0.5, 0.6) is 0 Å². The molecule has 2 heteroatoms. The number of hydrogen-bond acceptors (Lipinski definition) is 2. The van der Waals surface area contributed by atoms with Gasteiger partial charge >= 0.3 is 0 Å². The molecule has 2 aliphatic rings. The zero-order chi connectivity index (χ0) is 13.8. The zero-order valence-corrected chi connectivity index (χ0v) is 13.3. The summed E-state index contributed by atoms with van der Waals surface area (Å²) in [6, 6.07) is 0. The number of hydrogen-bond donors (Lipinski definition) is 1. The highest BCUT2D eigenvalue weighted by molar-refractivity contribution is 4.90. The number of rotatable bonds is 4. The van der Waals surface area contributed by atoms with E-state index in [-0.39, 0.29) is 11.1 Å². The lowest BCUT2D eigenvalue weighted by Gasteiger charge is -2.38. The average molecular weight is 267 g/mol. The average Bonchev–Trinajstić information content (AvgIpc) is 2.72. The highest BCUT2D eigenvalue weighted by atomic mass is 16.5. The second-order valence-corrected chi connectivity index (χ2v) is 7.73. The summed E-state index contributed by atoms with van der Waals surface area (Å²) < 4.78 is 6.65. The smallest absolute Gasteiger partial charge is 0.0810 e. The van der Waals surface area contributed by atoms with E-state index in [1.165, 1.54) is 64.2 Å². The Labute approximate surface area is 119 Å². The summed E-state index contributed by atoms with van der Waals surface area (Å²) in [6.45, 7) is 7.81. The van der Waals surface area contributed by atoms with Crippen LogP contribution < -0.4 is 5.32 Å². The summed E-state index contributed by atoms with van der Waals surface area (Å²) in [5, 5.41) is 3.71. The van der Waals surface area contributed by atoms with E-state index >= 15 is 0 Å². The summed E-state index contributed by atoms with van der Waals surface area (Å²) in [5.41, 5.74) is 0.317. The van der Waals surface area contributed by atoms with E-state index in [2.05, 4.69) is 26.1 Å². The van der Waals surface area contributed by atoms with Gasteiger partial charge in [-0.05, 0) is 46.5 Å². The van der Waals surface area contributed by atoms with Gasteiger partial charge in [0.05, 0.1) is 11.7 Å². The molecular formula is C17H33NO. The van der Waals surface area contributed by atoms with Crippen molar-refractivity contribution in [3.05, 3.63) is 0 Å². The molecule has 0 aromatic rings. The molecule has 112 valence electrons. The van der Waals surface area contributed by atoms with Crippen molar-refractivity contribution >= 4 is 0 Å². The highest BCUT2D eigenvalue weighted by Crippen LogP contribution is 2.35. The molecule has 0 unspecified atom stereocenters. The molecule has 19 heavy (non-hydrogen) atoms. The minimum atomic E-state index is 0.124. The fourth-order valence-corrected chi connectivity index (χ4v) is 3.50. The van der Waals surface area contributed by atoms with Crippen molar-refractivity contribution in [1.29, 1.82) is 0 Å². The molecule has 0 bridgehead atoms. The van der Waals surface area contributed by atoms with Crippen LogP contribution in [0.1, 0.15) is 85.0 Å². The molecule has 0 aromatic heterocycles. The fraction of sp³-hybridized carbons (Fsp3) is 1.00. The maximum Gasteiger partial charge on any atom is 0.0810 e. The van der Waals surface area contributed by atoms with Crippen molar-refractivity contribution in [3.63, 3.8) is 0 Å². The van der Waals surface area contributed by atoms with E-state index in [1.807, 2.05) is 0 Å². The SMILES string of the molecule is CC(C)(C)NCC1(OC2CCCC2)CCCCCC1. The van der Waals surface area contributed by atoms with Gasteiger partial charge in [0.25, 0.3) is 0 Å². The summed E-state index contributed by atoms with van der Waals surface area (Å²) in [4.78, 5) is 0. The maximum atomic E-state index is 6.65. The first-order valence-corrected chi connectivity index (χ1v) is 8.42. The van der Waals surface area contributed by atoms with E-state index in [0.717, 1.165) is 6.54 Å². The molecule has 2 nitrogen and oxygen atoms in total. The van der Waals surface area contributed by atoms with Crippen molar-refractivity contribution in [1.82, 2.24) is 5.32 Å². The lowest BCUT2D eigenvalue weighted by Crippen LogP contribution is -2.50. The number of ether oxygens (including phenoxy) is 1. The van der Waals surface area contributed by atoms with Crippen LogP contribution in [0, 0.1) is 0 Å². The van der Waals surface area contributed by atoms with Crippen LogP contribution >= 0.6 is 0 Å². The van der Waals surface area contributed by atoms with Gasteiger partial charge in [0, 0.05) is 12.1 Å². The molecule has 0 radical (unpaired) electrons. The van der Waals surface area contributed by atoms with Crippen LogP contribution in [0.4, 0.5) is 0 Å². The Balaban J connectivity index is 1.97. The molecule has 2 aliphatic carbocycles. The minimum Gasteiger partial charge on any atom is -0.370 e. The molecule has 0 aromatic carbocycles. The highest BCUT2D eigenvalue weighted by Gasteiger charge is 2.36. The molecule has 2 saturated carbocycles. The van der Waals surface area contributed by atoms with Gasteiger partial charge in [0.2, 0.25) is 0 Å². The molecule has 0 heterocycles. The van der Waals surface area contributed by atoms with Gasteiger partial charge in [0.1, 0.15) is 0 Å². The maximum absolute atomic E-state index is 6.65. The van der Waals surface area contributed by atoms with Crippen LogP contribution in [-0.2, 0) is 4.74 Å². The fourth-order valence-electron chi connectivity index (χ4n) is 3.50. The van der Waals surface area contributed by atoms with Gasteiger partial charge in [-0.2, -0.15) is 0 Å². The standard InChI is InChI=1S/C17H33NO/c1-16(2,3)18-14-17(12-8-4-5-9-13-17)19-15-10-6-7-11-15/h15,18H,4-14H2,1-3H3. The predicted octanol–water partition coefficient (Wildman–Crippen LogP) is 4.43. The van der Waals surface area contributed by atoms with E-state index in [9.17, 15) is 0 Å². The molecule has 0 amide bonds. The van der Waals surface area contributed by atoms with Gasteiger partial charge in [-0.15, -0.1) is 0 Å². The molecule has 0 spiro atoms. The molecule has 1 N–H and O–H groups in total. The first-order chi connectivity index (χ1) is 8.99. The molecule has 2 rings (SSSR count). The second-order valence-electron chi connectivity index (χ2n) is 7.73. The Morgan fingerprint density at radius 2 is 1.53 bits per heavy atom. The quantitative estimate of drug-likeness (QED) is 0.761. The van der Waals surface area contributed by atoms with Gasteiger partial charge in [-0.3, -0.25) is 0 Å². The van der Waals surface area contributed by atoms with E-state index in [0.29, 0.717) is 6.10 Å². The zero-order valence-electron chi connectivity index (χ0n) is 13.3. The third kappa shape index (κ3) is 5.07. The topological polar surface area (TPSA) is 21.3 Å². The van der Waals surface area contributed by atoms with Gasteiger partial charge in [-0.1, -0.05) is 38.5 Å². The summed E-state index contributed by atoms with van der Waals surface area (Å²) >= 11 is 0. The van der Waals surface area contributed by atoms with Crippen molar-refractivity contribution in [3.8, 4) is 0 Å². The van der Waals surface area contributed by atoms with Crippen LogP contribution in [0.2, 0.25) is 0 Å². The normalized spacial score (nSPS) is 25.4.